The summed E-state index contributed by atoms with van der Waals surface area (Å²) in [5.41, 5.74) is 3.70. The largest absolute Gasteiger partial charge is 0.322 e. The minimum absolute atomic E-state index is 0.201. The number of hydrogen-bond donors (Lipinski definition) is 2. The highest BCUT2D eigenvalue weighted by Crippen LogP contribution is 2.24. The molecule has 4 aromatic rings. The van der Waals surface area contributed by atoms with E-state index in [4.69, 9.17) is 0 Å². The number of anilines is 2. The standard InChI is InChI=1S/C24H19N3O2/c1-16-19(26-23(28)18-9-3-2-4-10-18)12-7-13-20(16)27-24(29)22-15-14-17-8-5-6-11-21(17)25-22/h2-15H,1H3,(H,26,28)(H,27,29). The number of fused-ring (bicyclic) bond motifs is 1. The van der Waals surface area contributed by atoms with Crippen LogP contribution in [0.15, 0.2) is 84.9 Å². The van der Waals surface area contributed by atoms with E-state index in [9.17, 15) is 9.59 Å². The van der Waals surface area contributed by atoms with Crippen LogP contribution in [0.4, 0.5) is 11.4 Å². The summed E-state index contributed by atoms with van der Waals surface area (Å²) in [7, 11) is 0. The summed E-state index contributed by atoms with van der Waals surface area (Å²) in [4.78, 5) is 29.6. The van der Waals surface area contributed by atoms with Gasteiger partial charge in [0.2, 0.25) is 0 Å². The number of pyridine rings is 1. The predicted molar refractivity (Wildman–Crippen MR) is 115 cm³/mol. The Morgan fingerprint density at radius 1 is 0.690 bits per heavy atom. The number of rotatable bonds is 4. The van der Waals surface area contributed by atoms with E-state index in [1.807, 2.05) is 55.5 Å². The number of hydrogen-bond acceptors (Lipinski definition) is 3. The van der Waals surface area contributed by atoms with Gasteiger partial charge >= 0.3 is 0 Å². The van der Waals surface area contributed by atoms with Crippen molar-refractivity contribution in [3.8, 4) is 0 Å². The molecule has 0 fully saturated rings. The summed E-state index contributed by atoms with van der Waals surface area (Å²) in [6.45, 7) is 1.85. The van der Waals surface area contributed by atoms with E-state index in [2.05, 4.69) is 15.6 Å². The number of carbonyl (C=O) groups is 2. The van der Waals surface area contributed by atoms with Crippen LogP contribution in [0.25, 0.3) is 10.9 Å². The van der Waals surface area contributed by atoms with Gasteiger partial charge in [-0.1, -0.05) is 48.5 Å². The zero-order valence-corrected chi connectivity index (χ0v) is 15.8. The van der Waals surface area contributed by atoms with Crippen molar-refractivity contribution in [1.29, 1.82) is 0 Å². The fraction of sp³-hybridized carbons (Fsp3) is 0.0417. The molecule has 3 aromatic carbocycles. The minimum Gasteiger partial charge on any atom is -0.322 e. The first-order valence-electron chi connectivity index (χ1n) is 9.25. The molecule has 0 aliphatic rings. The van der Waals surface area contributed by atoms with Crippen molar-refractivity contribution in [2.45, 2.75) is 6.92 Å². The van der Waals surface area contributed by atoms with E-state index in [-0.39, 0.29) is 11.8 Å². The lowest BCUT2D eigenvalue weighted by Crippen LogP contribution is -2.16. The van der Waals surface area contributed by atoms with E-state index in [1.54, 1.807) is 36.4 Å². The summed E-state index contributed by atoms with van der Waals surface area (Å²) in [5, 5.41) is 6.77. The molecule has 2 amide bonds. The van der Waals surface area contributed by atoms with Crippen LogP contribution in [0.3, 0.4) is 0 Å². The Labute approximate surface area is 168 Å². The van der Waals surface area contributed by atoms with Crippen LogP contribution in [0.5, 0.6) is 0 Å². The number of carbonyl (C=O) groups excluding carboxylic acids is 2. The normalized spacial score (nSPS) is 10.5. The maximum atomic E-state index is 12.7. The van der Waals surface area contributed by atoms with Gasteiger partial charge in [-0.15, -0.1) is 0 Å². The second-order valence-corrected chi connectivity index (χ2v) is 6.64. The molecule has 0 atom stereocenters. The molecule has 1 aromatic heterocycles. The van der Waals surface area contributed by atoms with Crippen LogP contribution in [-0.2, 0) is 0 Å². The van der Waals surface area contributed by atoms with Crippen molar-refractivity contribution >= 4 is 34.1 Å². The van der Waals surface area contributed by atoms with Gasteiger partial charge in [-0.25, -0.2) is 4.98 Å². The maximum Gasteiger partial charge on any atom is 0.274 e. The molecule has 142 valence electrons. The number of nitrogens with one attached hydrogen (secondary N) is 2. The third-order valence-electron chi connectivity index (χ3n) is 4.70. The molecule has 0 saturated heterocycles. The number of benzene rings is 3. The van der Waals surface area contributed by atoms with Crippen LogP contribution in [0.2, 0.25) is 0 Å². The molecule has 0 bridgehead atoms. The number of nitrogens with zero attached hydrogens (tertiary/aromatic N) is 1. The molecule has 0 saturated carbocycles. The molecule has 5 heteroatoms. The lowest BCUT2D eigenvalue weighted by atomic mass is 10.1. The first-order valence-corrected chi connectivity index (χ1v) is 9.25. The van der Waals surface area contributed by atoms with Gasteiger partial charge in [0.1, 0.15) is 5.69 Å². The van der Waals surface area contributed by atoms with Crippen molar-refractivity contribution < 1.29 is 9.59 Å². The van der Waals surface area contributed by atoms with Crippen LogP contribution < -0.4 is 10.6 Å². The van der Waals surface area contributed by atoms with E-state index >= 15 is 0 Å². The maximum absolute atomic E-state index is 12.7. The fourth-order valence-electron chi connectivity index (χ4n) is 3.07. The van der Waals surface area contributed by atoms with Crippen molar-refractivity contribution in [3.63, 3.8) is 0 Å². The molecule has 0 unspecified atom stereocenters. The molecule has 0 radical (unpaired) electrons. The van der Waals surface area contributed by atoms with Crippen LogP contribution in [-0.4, -0.2) is 16.8 Å². The van der Waals surface area contributed by atoms with Gasteiger partial charge in [0, 0.05) is 22.3 Å². The van der Waals surface area contributed by atoms with Crippen molar-refractivity contribution in [2.24, 2.45) is 0 Å². The topological polar surface area (TPSA) is 71.1 Å². The van der Waals surface area contributed by atoms with Crippen LogP contribution >= 0.6 is 0 Å². The van der Waals surface area contributed by atoms with Gasteiger partial charge in [0.15, 0.2) is 0 Å². The van der Waals surface area contributed by atoms with Crippen molar-refractivity contribution in [1.82, 2.24) is 4.98 Å². The van der Waals surface area contributed by atoms with Crippen molar-refractivity contribution in [2.75, 3.05) is 10.6 Å². The molecule has 0 aliphatic heterocycles. The quantitative estimate of drug-likeness (QED) is 0.520. The summed E-state index contributed by atoms with van der Waals surface area (Å²) in [6, 6.07) is 25.6. The molecule has 0 spiro atoms. The third kappa shape index (κ3) is 3.99. The van der Waals surface area contributed by atoms with Crippen LogP contribution in [0.1, 0.15) is 26.4 Å². The Morgan fingerprint density at radius 2 is 1.34 bits per heavy atom. The third-order valence-corrected chi connectivity index (χ3v) is 4.70. The summed E-state index contributed by atoms with van der Waals surface area (Å²) < 4.78 is 0. The molecular formula is C24H19N3O2. The highest BCUT2D eigenvalue weighted by atomic mass is 16.2. The smallest absolute Gasteiger partial charge is 0.274 e. The Bertz CT molecular complexity index is 1200. The Morgan fingerprint density at radius 3 is 2.10 bits per heavy atom. The molecule has 1 heterocycles. The lowest BCUT2D eigenvalue weighted by Gasteiger charge is -2.13. The molecule has 4 rings (SSSR count). The molecular weight excluding hydrogens is 362 g/mol. The summed E-state index contributed by atoms with van der Waals surface area (Å²) in [5.74, 6) is -0.501. The summed E-state index contributed by atoms with van der Waals surface area (Å²) >= 11 is 0. The zero-order chi connectivity index (χ0) is 20.2. The second kappa shape index (κ2) is 7.94. The molecule has 5 nitrogen and oxygen atoms in total. The Hall–Kier alpha value is -3.99. The van der Waals surface area contributed by atoms with Gasteiger partial charge < -0.3 is 10.6 Å². The first-order chi connectivity index (χ1) is 14.1. The van der Waals surface area contributed by atoms with Gasteiger partial charge in [-0.3, -0.25) is 9.59 Å². The Kier molecular flexibility index (Phi) is 5.03. The fourth-order valence-corrected chi connectivity index (χ4v) is 3.07. The number of amides is 2. The van der Waals surface area contributed by atoms with Gasteiger partial charge in [-0.05, 0) is 48.9 Å². The molecule has 2 N–H and O–H groups in total. The van der Waals surface area contributed by atoms with Crippen LogP contribution in [0, 0.1) is 6.92 Å². The average Bonchev–Trinajstić information content (AvgIpc) is 2.76. The lowest BCUT2D eigenvalue weighted by molar-refractivity contribution is 0.101. The van der Waals surface area contributed by atoms with E-state index in [1.165, 1.54) is 0 Å². The second-order valence-electron chi connectivity index (χ2n) is 6.64. The minimum atomic E-state index is -0.301. The SMILES string of the molecule is Cc1c(NC(=O)c2ccccc2)cccc1NC(=O)c1ccc2ccccc2n1. The van der Waals surface area contributed by atoms with Gasteiger partial charge in [0.05, 0.1) is 5.52 Å². The van der Waals surface area contributed by atoms with E-state index in [0.29, 0.717) is 22.6 Å². The number of aromatic nitrogens is 1. The highest BCUT2D eigenvalue weighted by Gasteiger charge is 2.13. The highest BCUT2D eigenvalue weighted by molar-refractivity contribution is 6.07. The van der Waals surface area contributed by atoms with Crippen molar-refractivity contribution in [3.05, 3.63) is 102 Å². The first kappa shape index (κ1) is 18.4. The molecule has 0 aliphatic carbocycles. The molecule has 29 heavy (non-hydrogen) atoms. The predicted octanol–water partition coefficient (Wildman–Crippen LogP) is 5.05. The van der Waals surface area contributed by atoms with Gasteiger partial charge in [-0.2, -0.15) is 0 Å². The summed E-state index contributed by atoms with van der Waals surface area (Å²) in [6.07, 6.45) is 0. The Balaban J connectivity index is 1.55. The monoisotopic (exact) mass is 381 g/mol. The van der Waals surface area contributed by atoms with E-state index in [0.717, 1.165) is 16.5 Å². The van der Waals surface area contributed by atoms with E-state index < -0.39 is 0 Å². The average molecular weight is 381 g/mol. The zero-order valence-electron chi connectivity index (χ0n) is 15.8. The van der Waals surface area contributed by atoms with Gasteiger partial charge in [0.25, 0.3) is 11.8 Å². The number of para-hydroxylation sites is 1.